The Kier molecular flexibility index (Phi) is 4.19. The van der Waals surface area contributed by atoms with Crippen LogP contribution in [0.5, 0.6) is 0 Å². The van der Waals surface area contributed by atoms with E-state index in [1.165, 1.54) is 16.9 Å². The highest BCUT2D eigenvalue weighted by atomic mass is 15.0. The summed E-state index contributed by atoms with van der Waals surface area (Å²) in [6.45, 7) is 4.27. The van der Waals surface area contributed by atoms with Crippen LogP contribution in [0.15, 0.2) is 71.9 Å². The number of nitrogens with zero attached hydrogens (tertiary/aromatic N) is 2. The normalized spacial score (nSPS) is 11.2. The van der Waals surface area contributed by atoms with Crippen molar-refractivity contribution in [1.82, 2.24) is 4.57 Å². The van der Waals surface area contributed by atoms with Gasteiger partial charge in [0.2, 0.25) is 0 Å². The van der Waals surface area contributed by atoms with Gasteiger partial charge in [0.1, 0.15) is 0 Å². The highest BCUT2D eigenvalue weighted by Gasteiger charge is 2.02. The largest absolute Gasteiger partial charge is 0.321 e. The van der Waals surface area contributed by atoms with Crippen LogP contribution in [0.25, 0.3) is 5.69 Å². The van der Waals surface area contributed by atoms with Crippen molar-refractivity contribution < 1.29 is 0 Å². The molecule has 0 aliphatic rings. The van der Waals surface area contributed by atoms with Crippen LogP contribution in [-0.2, 0) is 6.42 Å². The molecule has 1 heterocycles. The van der Waals surface area contributed by atoms with E-state index in [1.807, 2.05) is 12.3 Å². The molecule has 0 radical (unpaired) electrons. The van der Waals surface area contributed by atoms with E-state index in [9.17, 15) is 0 Å². The summed E-state index contributed by atoms with van der Waals surface area (Å²) in [5.74, 6) is 0. The maximum Gasteiger partial charge on any atom is 0.0630 e. The predicted octanol–water partition coefficient (Wildman–Crippen LogP) is 5.10. The number of hydrogen-bond donors (Lipinski definition) is 0. The van der Waals surface area contributed by atoms with Crippen LogP contribution in [0.2, 0.25) is 0 Å². The van der Waals surface area contributed by atoms with E-state index in [-0.39, 0.29) is 0 Å². The molecule has 0 saturated carbocycles. The lowest BCUT2D eigenvalue weighted by molar-refractivity contribution is 1.02. The van der Waals surface area contributed by atoms with Crippen LogP contribution in [0, 0.1) is 6.92 Å². The lowest BCUT2D eigenvalue weighted by atomic mass is 10.1. The Hall–Kier alpha value is -2.61. The molecule has 3 aromatic rings. The molecule has 1 aromatic heterocycles. The summed E-state index contributed by atoms with van der Waals surface area (Å²) in [6, 6.07) is 20.9. The van der Waals surface area contributed by atoms with Gasteiger partial charge in [-0.2, -0.15) is 0 Å². The van der Waals surface area contributed by atoms with Gasteiger partial charge in [0.25, 0.3) is 0 Å². The first kappa shape index (κ1) is 14.3. The molecule has 0 amide bonds. The molecule has 0 bridgehead atoms. The summed E-state index contributed by atoms with van der Waals surface area (Å²) < 4.78 is 2.18. The number of para-hydroxylation sites is 1. The van der Waals surface area contributed by atoms with Gasteiger partial charge in [0, 0.05) is 29.4 Å². The van der Waals surface area contributed by atoms with Crippen molar-refractivity contribution in [2.75, 3.05) is 0 Å². The molecule has 3 rings (SSSR count). The van der Waals surface area contributed by atoms with Crippen LogP contribution in [0.1, 0.15) is 23.7 Å². The molecule has 0 unspecified atom stereocenters. The summed E-state index contributed by atoms with van der Waals surface area (Å²) >= 11 is 0. The Morgan fingerprint density at radius 3 is 2.41 bits per heavy atom. The Balaban J connectivity index is 1.82. The number of aromatic nitrogens is 1. The van der Waals surface area contributed by atoms with Gasteiger partial charge in [-0.25, -0.2) is 0 Å². The minimum Gasteiger partial charge on any atom is -0.321 e. The second-order valence-electron chi connectivity index (χ2n) is 5.40. The Morgan fingerprint density at radius 1 is 1.00 bits per heavy atom. The van der Waals surface area contributed by atoms with Gasteiger partial charge in [0.05, 0.1) is 5.69 Å². The maximum atomic E-state index is 4.56. The van der Waals surface area contributed by atoms with Crippen molar-refractivity contribution >= 4 is 11.9 Å². The Labute approximate surface area is 131 Å². The zero-order chi connectivity index (χ0) is 15.4. The van der Waals surface area contributed by atoms with Crippen molar-refractivity contribution in [3.8, 4) is 5.69 Å². The smallest absolute Gasteiger partial charge is 0.0630 e. The van der Waals surface area contributed by atoms with E-state index in [0.717, 1.165) is 17.7 Å². The van der Waals surface area contributed by atoms with E-state index in [0.29, 0.717) is 0 Å². The van der Waals surface area contributed by atoms with Gasteiger partial charge < -0.3 is 4.57 Å². The van der Waals surface area contributed by atoms with Crippen molar-refractivity contribution in [2.45, 2.75) is 20.3 Å². The van der Waals surface area contributed by atoms with Gasteiger partial charge in [0.15, 0.2) is 0 Å². The molecule has 2 nitrogen and oxygen atoms in total. The first-order valence-electron chi connectivity index (χ1n) is 7.63. The fourth-order valence-corrected chi connectivity index (χ4v) is 2.50. The highest BCUT2D eigenvalue weighted by molar-refractivity contribution is 5.82. The van der Waals surface area contributed by atoms with E-state index in [1.54, 1.807) is 0 Å². The van der Waals surface area contributed by atoms with E-state index >= 15 is 0 Å². The third-order valence-electron chi connectivity index (χ3n) is 3.78. The fourth-order valence-electron chi connectivity index (χ4n) is 2.50. The zero-order valence-electron chi connectivity index (χ0n) is 13.0. The fraction of sp³-hybridized carbons (Fsp3) is 0.150. The van der Waals surface area contributed by atoms with Crippen molar-refractivity contribution in [3.63, 3.8) is 0 Å². The van der Waals surface area contributed by atoms with Crippen molar-refractivity contribution in [3.05, 3.63) is 83.7 Å². The van der Waals surface area contributed by atoms with Gasteiger partial charge >= 0.3 is 0 Å². The average Bonchev–Trinajstić information content (AvgIpc) is 2.95. The molecular weight excluding hydrogens is 268 g/mol. The minimum atomic E-state index is 0.988. The Bertz CT molecular complexity index is 765. The molecule has 0 N–H and O–H groups in total. The van der Waals surface area contributed by atoms with Gasteiger partial charge in [-0.3, -0.25) is 4.99 Å². The molecule has 0 aliphatic carbocycles. The standard InChI is InChI=1S/C20H20N2/c1-3-17-9-11-19(12-10-17)21-14-18-13-16(2)22(15-18)20-7-5-4-6-8-20/h4-15H,3H2,1-2H3. The summed E-state index contributed by atoms with van der Waals surface area (Å²) in [7, 11) is 0. The van der Waals surface area contributed by atoms with Crippen LogP contribution < -0.4 is 0 Å². The maximum absolute atomic E-state index is 4.56. The molecule has 0 spiro atoms. The quantitative estimate of drug-likeness (QED) is 0.594. The molecule has 0 fully saturated rings. The van der Waals surface area contributed by atoms with Gasteiger partial charge in [-0.15, -0.1) is 0 Å². The number of hydrogen-bond acceptors (Lipinski definition) is 1. The second-order valence-corrected chi connectivity index (χ2v) is 5.40. The molecule has 2 aromatic carbocycles. The van der Waals surface area contributed by atoms with E-state index < -0.39 is 0 Å². The minimum absolute atomic E-state index is 0.988. The van der Waals surface area contributed by atoms with Crippen molar-refractivity contribution in [1.29, 1.82) is 0 Å². The number of rotatable bonds is 4. The summed E-state index contributed by atoms with van der Waals surface area (Å²) in [6.07, 6.45) is 5.10. The molecule has 0 saturated heterocycles. The number of aryl methyl sites for hydroxylation is 2. The van der Waals surface area contributed by atoms with Crippen LogP contribution in [0.4, 0.5) is 5.69 Å². The molecule has 0 aliphatic heterocycles. The topological polar surface area (TPSA) is 17.3 Å². The number of benzene rings is 2. The van der Waals surface area contributed by atoms with Crippen LogP contribution in [-0.4, -0.2) is 10.8 Å². The monoisotopic (exact) mass is 288 g/mol. The predicted molar refractivity (Wildman–Crippen MR) is 93.6 cm³/mol. The lowest BCUT2D eigenvalue weighted by Crippen LogP contribution is -1.93. The summed E-state index contributed by atoms with van der Waals surface area (Å²) in [5, 5.41) is 0. The Morgan fingerprint density at radius 2 is 1.73 bits per heavy atom. The average molecular weight is 288 g/mol. The first-order chi connectivity index (χ1) is 10.8. The summed E-state index contributed by atoms with van der Waals surface area (Å²) in [4.78, 5) is 4.56. The second kappa shape index (κ2) is 6.44. The third kappa shape index (κ3) is 3.17. The van der Waals surface area contributed by atoms with Crippen LogP contribution in [0.3, 0.4) is 0 Å². The molecule has 0 atom stereocenters. The van der Waals surface area contributed by atoms with E-state index in [2.05, 4.69) is 84.2 Å². The summed E-state index contributed by atoms with van der Waals surface area (Å²) in [5.41, 5.74) is 5.81. The molecule has 22 heavy (non-hydrogen) atoms. The molecular formula is C20H20N2. The lowest BCUT2D eigenvalue weighted by Gasteiger charge is -2.04. The van der Waals surface area contributed by atoms with Gasteiger partial charge in [-0.1, -0.05) is 37.3 Å². The zero-order valence-corrected chi connectivity index (χ0v) is 13.0. The van der Waals surface area contributed by atoms with Gasteiger partial charge in [-0.05, 0) is 49.2 Å². The van der Waals surface area contributed by atoms with Crippen molar-refractivity contribution in [2.24, 2.45) is 4.99 Å². The third-order valence-corrected chi connectivity index (χ3v) is 3.78. The number of aliphatic imine (C=N–C) groups is 1. The van der Waals surface area contributed by atoms with E-state index in [4.69, 9.17) is 0 Å². The first-order valence-corrected chi connectivity index (χ1v) is 7.63. The SMILES string of the molecule is CCc1ccc(N=Cc2cc(C)n(-c3ccccc3)c2)cc1. The molecule has 2 heteroatoms. The van der Waals surface area contributed by atoms with Crippen LogP contribution >= 0.6 is 0 Å². The molecule has 110 valence electrons. The highest BCUT2D eigenvalue weighted by Crippen LogP contribution is 2.16.